The maximum absolute atomic E-state index is 12.9. The van der Waals surface area contributed by atoms with Crippen molar-refractivity contribution in [2.24, 2.45) is 5.92 Å². The first-order chi connectivity index (χ1) is 14.9. The molecule has 1 aliphatic rings. The predicted molar refractivity (Wildman–Crippen MR) is 122 cm³/mol. The first-order valence-electron chi connectivity index (χ1n) is 10.7. The predicted octanol–water partition coefficient (Wildman–Crippen LogP) is 3.89. The van der Waals surface area contributed by atoms with E-state index in [1.165, 1.54) is 22.0 Å². The lowest BCUT2D eigenvalue weighted by atomic mass is 9.99. The zero-order valence-corrected chi connectivity index (χ0v) is 19.3. The minimum absolute atomic E-state index is 0.0808. The van der Waals surface area contributed by atoms with Gasteiger partial charge in [-0.05, 0) is 74.6 Å². The average Bonchev–Trinajstić information content (AvgIpc) is 2.78. The molecular formula is C23H29ClN2O4S. The van der Waals surface area contributed by atoms with Crippen LogP contribution in [0.15, 0.2) is 53.4 Å². The Labute approximate surface area is 189 Å². The molecule has 1 heterocycles. The Morgan fingerprint density at radius 1 is 1.16 bits per heavy atom. The maximum Gasteiger partial charge on any atom is 0.243 e. The zero-order chi connectivity index (χ0) is 22.3. The Hall–Kier alpha value is -2.09. The van der Waals surface area contributed by atoms with E-state index >= 15 is 0 Å². The van der Waals surface area contributed by atoms with Gasteiger partial charge in [-0.25, -0.2) is 8.42 Å². The number of ether oxygens (including phenoxy) is 1. The van der Waals surface area contributed by atoms with E-state index in [0.717, 1.165) is 18.6 Å². The molecule has 168 valence electrons. The molecule has 2 aromatic rings. The molecular weight excluding hydrogens is 436 g/mol. The summed E-state index contributed by atoms with van der Waals surface area (Å²) in [5.41, 5.74) is 1.19. The van der Waals surface area contributed by atoms with E-state index in [4.69, 9.17) is 16.3 Å². The number of halogens is 1. The molecule has 0 aliphatic carbocycles. The summed E-state index contributed by atoms with van der Waals surface area (Å²) in [6, 6.07) is 14.1. The quantitative estimate of drug-likeness (QED) is 0.571. The molecule has 1 aliphatic heterocycles. The second-order valence-corrected chi connectivity index (χ2v) is 10.0. The Kier molecular flexibility index (Phi) is 8.35. The molecule has 6 nitrogen and oxygen atoms in total. The van der Waals surface area contributed by atoms with Crippen molar-refractivity contribution in [3.63, 3.8) is 0 Å². The lowest BCUT2D eigenvalue weighted by Crippen LogP contribution is -2.45. The summed E-state index contributed by atoms with van der Waals surface area (Å²) in [5.74, 6) is 0.443. The molecule has 0 saturated carbocycles. The largest absolute Gasteiger partial charge is 0.494 e. The second-order valence-electron chi connectivity index (χ2n) is 7.63. The fourth-order valence-corrected chi connectivity index (χ4v) is 5.35. The van der Waals surface area contributed by atoms with Crippen molar-refractivity contribution < 1.29 is 17.9 Å². The third-order valence-electron chi connectivity index (χ3n) is 5.38. The normalized spacial score (nSPS) is 17.3. The van der Waals surface area contributed by atoms with E-state index in [-0.39, 0.29) is 23.3 Å². The van der Waals surface area contributed by atoms with Crippen LogP contribution in [0.4, 0.5) is 0 Å². The summed E-state index contributed by atoms with van der Waals surface area (Å²) in [6.07, 6.45) is 3.03. The van der Waals surface area contributed by atoms with Gasteiger partial charge in [0.25, 0.3) is 0 Å². The highest BCUT2D eigenvalue weighted by Crippen LogP contribution is 2.25. The fourth-order valence-electron chi connectivity index (χ4n) is 3.70. The van der Waals surface area contributed by atoms with E-state index in [0.29, 0.717) is 37.6 Å². The maximum atomic E-state index is 12.9. The number of carbonyl (C=O) groups excluding carboxylic acids is 1. The van der Waals surface area contributed by atoms with Crippen molar-refractivity contribution in [3.8, 4) is 5.75 Å². The van der Waals surface area contributed by atoms with Gasteiger partial charge < -0.3 is 10.1 Å². The van der Waals surface area contributed by atoms with Gasteiger partial charge >= 0.3 is 0 Å². The molecule has 8 heteroatoms. The van der Waals surface area contributed by atoms with Crippen LogP contribution in [0.3, 0.4) is 0 Å². The fraction of sp³-hybridized carbons (Fsp3) is 0.435. The van der Waals surface area contributed by atoms with Gasteiger partial charge in [0.15, 0.2) is 0 Å². The third-order valence-corrected chi connectivity index (χ3v) is 7.51. The first kappa shape index (κ1) is 23.6. The number of sulfonamides is 1. The Balaban J connectivity index is 1.47. The number of nitrogens with zero attached hydrogens (tertiary/aromatic N) is 1. The number of nitrogens with one attached hydrogen (secondary N) is 1. The molecule has 0 radical (unpaired) electrons. The van der Waals surface area contributed by atoms with Crippen molar-refractivity contribution in [2.75, 3.05) is 26.2 Å². The topological polar surface area (TPSA) is 75.7 Å². The van der Waals surface area contributed by atoms with Crippen LogP contribution in [0.1, 0.15) is 31.7 Å². The highest BCUT2D eigenvalue weighted by atomic mass is 35.5. The van der Waals surface area contributed by atoms with Gasteiger partial charge in [0, 0.05) is 24.7 Å². The number of rotatable bonds is 9. The lowest BCUT2D eigenvalue weighted by Gasteiger charge is -2.31. The summed E-state index contributed by atoms with van der Waals surface area (Å²) >= 11 is 5.86. The third kappa shape index (κ3) is 6.45. The number of hydrogen-bond acceptors (Lipinski definition) is 4. The number of benzene rings is 2. The van der Waals surface area contributed by atoms with Crippen LogP contribution < -0.4 is 10.1 Å². The Morgan fingerprint density at radius 2 is 1.87 bits per heavy atom. The summed E-state index contributed by atoms with van der Waals surface area (Å²) < 4.78 is 32.6. The molecule has 0 bridgehead atoms. The molecule has 0 spiro atoms. The number of piperidine rings is 1. The molecule has 1 saturated heterocycles. The molecule has 3 rings (SSSR count). The van der Waals surface area contributed by atoms with Crippen LogP contribution in [0.5, 0.6) is 5.75 Å². The lowest BCUT2D eigenvalue weighted by molar-refractivity contribution is -0.126. The Morgan fingerprint density at radius 3 is 2.55 bits per heavy atom. The minimum Gasteiger partial charge on any atom is -0.494 e. The second kappa shape index (κ2) is 11.0. The van der Waals surface area contributed by atoms with Crippen LogP contribution in [-0.2, 0) is 21.2 Å². The molecule has 2 aromatic carbocycles. The van der Waals surface area contributed by atoms with Crippen molar-refractivity contribution in [1.29, 1.82) is 0 Å². The van der Waals surface area contributed by atoms with Crippen LogP contribution >= 0.6 is 11.6 Å². The monoisotopic (exact) mass is 464 g/mol. The molecule has 1 fully saturated rings. The highest BCUT2D eigenvalue weighted by molar-refractivity contribution is 7.89. The van der Waals surface area contributed by atoms with Gasteiger partial charge in [-0.3, -0.25) is 4.79 Å². The molecule has 1 N–H and O–H groups in total. The van der Waals surface area contributed by atoms with Crippen LogP contribution in [0.2, 0.25) is 5.02 Å². The summed E-state index contributed by atoms with van der Waals surface area (Å²) in [7, 11) is -3.63. The van der Waals surface area contributed by atoms with Crippen LogP contribution in [-0.4, -0.2) is 44.9 Å². The zero-order valence-electron chi connectivity index (χ0n) is 17.7. The van der Waals surface area contributed by atoms with E-state index in [1.807, 2.05) is 31.2 Å². The summed E-state index contributed by atoms with van der Waals surface area (Å²) in [4.78, 5) is 12.8. The van der Waals surface area contributed by atoms with Gasteiger partial charge in [-0.2, -0.15) is 4.31 Å². The Bertz CT molecular complexity index is 962. The first-order valence-corrected chi connectivity index (χ1v) is 12.5. The van der Waals surface area contributed by atoms with Gasteiger partial charge in [0.05, 0.1) is 17.4 Å². The molecule has 1 atom stereocenters. The molecule has 0 unspecified atom stereocenters. The van der Waals surface area contributed by atoms with Gasteiger partial charge in [-0.15, -0.1) is 0 Å². The summed E-state index contributed by atoms with van der Waals surface area (Å²) in [6.45, 7) is 3.79. The number of carbonyl (C=O) groups is 1. The van der Waals surface area contributed by atoms with E-state index in [2.05, 4.69) is 5.32 Å². The van der Waals surface area contributed by atoms with Crippen molar-refractivity contribution in [3.05, 3.63) is 59.1 Å². The van der Waals surface area contributed by atoms with E-state index in [9.17, 15) is 13.2 Å². The average molecular weight is 465 g/mol. The highest BCUT2D eigenvalue weighted by Gasteiger charge is 2.33. The number of hydrogen-bond donors (Lipinski definition) is 1. The molecule has 1 amide bonds. The van der Waals surface area contributed by atoms with Crippen LogP contribution in [0.25, 0.3) is 0 Å². The SMILES string of the molecule is CCOc1ccc(CCCNC(=O)[C@@H]2CCCN(S(=O)(=O)c3ccc(Cl)cc3)C2)cc1. The standard InChI is InChI=1S/C23H29ClN2O4S/c1-2-30-21-11-7-18(8-12-21)5-3-15-25-23(27)19-6-4-16-26(17-19)31(28,29)22-13-9-20(24)10-14-22/h7-14,19H,2-6,15-17H2,1H3,(H,25,27)/t19-/m1/s1. The van der Waals surface area contributed by atoms with Gasteiger partial charge in [0.1, 0.15) is 5.75 Å². The van der Waals surface area contributed by atoms with Gasteiger partial charge in [-0.1, -0.05) is 23.7 Å². The molecule has 31 heavy (non-hydrogen) atoms. The van der Waals surface area contributed by atoms with Gasteiger partial charge in [0.2, 0.25) is 15.9 Å². The van der Waals surface area contributed by atoms with Crippen molar-refractivity contribution >= 4 is 27.5 Å². The smallest absolute Gasteiger partial charge is 0.243 e. The van der Waals surface area contributed by atoms with Crippen LogP contribution in [0, 0.1) is 5.92 Å². The van der Waals surface area contributed by atoms with E-state index < -0.39 is 10.0 Å². The number of amides is 1. The minimum atomic E-state index is -3.63. The van der Waals surface area contributed by atoms with Crippen molar-refractivity contribution in [1.82, 2.24) is 9.62 Å². The van der Waals surface area contributed by atoms with E-state index in [1.54, 1.807) is 12.1 Å². The molecule has 0 aromatic heterocycles. The number of aryl methyl sites for hydroxylation is 1. The van der Waals surface area contributed by atoms with Crippen molar-refractivity contribution in [2.45, 2.75) is 37.5 Å². The summed E-state index contributed by atoms with van der Waals surface area (Å²) in [5, 5.41) is 3.46.